The standard InChI is InChI=1S/C16H19N5S/c1-17-11-3-2-7-21(10-11)13-4-5-18-15-14(13)12(9-20-15)16-19-6-8-22-16/h4-6,8-9,11,17H,2-3,7,10H2,1H3,(H,18,20)/t11-/m0/s1. The molecule has 0 saturated carbocycles. The van der Waals surface area contributed by atoms with Crippen molar-refractivity contribution in [1.82, 2.24) is 20.3 Å². The van der Waals surface area contributed by atoms with E-state index in [4.69, 9.17) is 0 Å². The number of nitrogens with one attached hydrogen (secondary N) is 2. The van der Waals surface area contributed by atoms with Crippen molar-refractivity contribution in [2.24, 2.45) is 0 Å². The Kier molecular flexibility index (Phi) is 3.56. The summed E-state index contributed by atoms with van der Waals surface area (Å²) in [4.78, 5) is 14.7. The van der Waals surface area contributed by atoms with Gasteiger partial charge in [-0.1, -0.05) is 0 Å². The monoisotopic (exact) mass is 313 g/mol. The van der Waals surface area contributed by atoms with Gasteiger partial charge in [0, 0.05) is 48.7 Å². The number of hydrogen-bond acceptors (Lipinski definition) is 5. The fourth-order valence-corrected chi connectivity index (χ4v) is 3.92. The molecule has 1 saturated heterocycles. The van der Waals surface area contributed by atoms with E-state index in [-0.39, 0.29) is 0 Å². The number of thiazole rings is 1. The summed E-state index contributed by atoms with van der Waals surface area (Å²) in [5.74, 6) is 0. The lowest BCUT2D eigenvalue weighted by atomic mass is 10.0. The highest BCUT2D eigenvalue weighted by Crippen LogP contribution is 2.36. The van der Waals surface area contributed by atoms with Gasteiger partial charge in [0.15, 0.2) is 0 Å². The molecule has 0 aromatic carbocycles. The third-order valence-corrected chi connectivity index (χ3v) is 5.19. The minimum absolute atomic E-state index is 0.555. The van der Waals surface area contributed by atoms with E-state index in [9.17, 15) is 0 Å². The molecule has 1 atom stereocenters. The van der Waals surface area contributed by atoms with Gasteiger partial charge in [-0.25, -0.2) is 9.97 Å². The number of pyridine rings is 1. The molecule has 6 heteroatoms. The van der Waals surface area contributed by atoms with E-state index in [0.29, 0.717) is 6.04 Å². The predicted octanol–water partition coefficient (Wildman–Crippen LogP) is 2.87. The Hall–Kier alpha value is -1.92. The summed E-state index contributed by atoms with van der Waals surface area (Å²) in [7, 11) is 2.05. The highest BCUT2D eigenvalue weighted by Gasteiger charge is 2.22. The quantitative estimate of drug-likeness (QED) is 0.780. The molecular weight excluding hydrogens is 294 g/mol. The van der Waals surface area contributed by atoms with Gasteiger partial charge >= 0.3 is 0 Å². The first-order valence-corrected chi connectivity index (χ1v) is 8.53. The summed E-state index contributed by atoms with van der Waals surface area (Å²) < 4.78 is 0. The molecule has 0 radical (unpaired) electrons. The minimum Gasteiger partial charge on any atom is -0.369 e. The van der Waals surface area contributed by atoms with Crippen LogP contribution in [0.2, 0.25) is 0 Å². The molecule has 0 aliphatic carbocycles. The van der Waals surface area contributed by atoms with Crippen LogP contribution >= 0.6 is 11.3 Å². The second-order valence-electron chi connectivity index (χ2n) is 5.67. The highest BCUT2D eigenvalue weighted by atomic mass is 32.1. The first-order chi connectivity index (χ1) is 10.9. The number of rotatable bonds is 3. The molecule has 114 valence electrons. The maximum Gasteiger partial charge on any atom is 0.140 e. The van der Waals surface area contributed by atoms with Crippen LogP contribution in [-0.2, 0) is 0 Å². The molecule has 3 aromatic rings. The zero-order chi connectivity index (χ0) is 14.9. The summed E-state index contributed by atoms with van der Waals surface area (Å²) in [5.41, 5.74) is 3.35. The van der Waals surface area contributed by atoms with E-state index in [2.05, 4.69) is 31.2 Å². The molecule has 0 unspecified atom stereocenters. The van der Waals surface area contributed by atoms with Gasteiger partial charge in [-0.15, -0.1) is 11.3 Å². The van der Waals surface area contributed by atoms with Crippen molar-refractivity contribution in [1.29, 1.82) is 0 Å². The number of likely N-dealkylation sites (N-methyl/N-ethyl adjacent to an activating group) is 1. The average Bonchev–Trinajstić information content (AvgIpc) is 3.23. The molecule has 0 bridgehead atoms. The first kappa shape index (κ1) is 13.7. The molecule has 1 fully saturated rings. The molecule has 1 aliphatic rings. The van der Waals surface area contributed by atoms with Gasteiger partial charge in [-0.2, -0.15) is 0 Å². The lowest BCUT2D eigenvalue weighted by molar-refractivity contribution is 0.450. The van der Waals surface area contributed by atoms with Gasteiger partial charge in [0.1, 0.15) is 10.7 Å². The second kappa shape index (κ2) is 5.70. The van der Waals surface area contributed by atoms with Gasteiger partial charge in [0.2, 0.25) is 0 Å². The van der Waals surface area contributed by atoms with Gasteiger partial charge in [-0.05, 0) is 26.0 Å². The summed E-state index contributed by atoms with van der Waals surface area (Å²) in [6, 6.07) is 2.69. The Morgan fingerprint density at radius 2 is 2.32 bits per heavy atom. The smallest absolute Gasteiger partial charge is 0.140 e. The first-order valence-electron chi connectivity index (χ1n) is 7.65. The SMILES string of the molecule is CN[C@H]1CCCN(c2ccnc3[nH]cc(-c4nccs4)c23)C1. The Morgan fingerprint density at radius 1 is 1.36 bits per heavy atom. The van der Waals surface area contributed by atoms with Crippen LogP contribution in [0, 0.1) is 0 Å². The summed E-state index contributed by atoms with van der Waals surface area (Å²) in [5, 5.41) is 7.66. The third-order valence-electron chi connectivity index (χ3n) is 4.38. The molecule has 22 heavy (non-hydrogen) atoms. The Labute approximate surface area is 133 Å². The molecule has 1 aliphatic heterocycles. The van der Waals surface area contributed by atoms with Gasteiger partial charge < -0.3 is 15.2 Å². The molecule has 2 N–H and O–H groups in total. The number of H-pyrrole nitrogens is 1. The number of piperidine rings is 1. The van der Waals surface area contributed by atoms with Crippen molar-refractivity contribution in [3.8, 4) is 10.6 Å². The fourth-order valence-electron chi connectivity index (χ4n) is 3.26. The molecule has 4 heterocycles. The zero-order valence-electron chi connectivity index (χ0n) is 12.5. The fraction of sp³-hybridized carbons (Fsp3) is 0.375. The van der Waals surface area contributed by atoms with E-state index in [0.717, 1.165) is 29.3 Å². The third kappa shape index (κ3) is 2.28. The van der Waals surface area contributed by atoms with E-state index >= 15 is 0 Å². The summed E-state index contributed by atoms with van der Waals surface area (Å²) in [6.45, 7) is 2.14. The zero-order valence-corrected chi connectivity index (χ0v) is 13.4. The van der Waals surface area contributed by atoms with E-state index in [1.807, 2.05) is 31.0 Å². The maximum atomic E-state index is 4.49. The van der Waals surface area contributed by atoms with Gasteiger partial charge in [0.25, 0.3) is 0 Å². The van der Waals surface area contributed by atoms with Crippen LogP contribution in [0.3, 0.4) is 0 Å². The Balaban J connectivity index is 1.82. The molecule has 3 aromatic heterocycles. The van der Waals surface area contributed by atoms with Crippen LogP contribution in [0.15, 0.2) is 30.0 Å². The highest BCUT2D eigenvalue weighted by molar-refractivity contribution is 7.13. The van der Waals surface area contributed by atoms with Crippen molar-refractivity contribution in [3.63, 3.8) is 0 Å². The Bertz CT molecular complexity index is 764. The lowest BCUT2D eigenvalue weighted by Crippen LogP contribution is -2.44. The van der Waals surface area contributed by atoms with E-state index in [1.54, 1.807) is 11.3 Å². The van der Waals surface area contributed by atoms with Crippen LogP contribution in [0.25, 0.3) is 21.6 Å². The average molecular weight is 313 g/mol. The molecule has 0 spiro atoms. The lowest BCUT2D eigenvalue weighted by Gasteiger charge is -2.34. The number of anilines is 1. The number of hydrogen-bond donors (Lipinski definition) is 2. The minimum atomic E-state index is 0.555. The van der Waals surface area contributed by atoms with Crippen molar-refractivity contribution in [3.05, 3.63) is 30.0 Å². The molecule has 0 amide bonds. The van der Waals surface area contributed by atoms with Crippen molar-refractivity contribution < 1.29 is 0 Å². The normalized spacial score (nSPS) is 19.0. The van der Waals surface area contributed by atoms with Crippen LogP contribution in [0.1, 0.15) is 12.8 Å². The molecule has 5 nitrogen and oxygen atoms in total. The van der Waals surface area contributed by atoms with Crippen molar-refractivity contribution in [2.75, 3.05) is 25.0 Å². The maximum absolute atomic E-state index is 4.49. The number of aromatic nitrogens is 3. The number of fused-ring (bicyclic) bond motifs is 1. The summed E-state index contributed by atoms with van der Waals surface area (Å²) in [6.07, 6.45) is 8.23. The van der Waals surface area contributed by atoms with Crippen molar-refractivity contribution >= 4 is 28.1 Å². The van der Waals surface area contributed by atoms with E-state index < -0.39 is 0 Å². The second-order valence-corrected chi connectivity index (χ2v) is 6.56. The van der Waals surface area contributed by atoms with E-state index in [1.165, 1.54) is 23.9 Å². The van der Waals surface area contributed by atoms with Crippen molar-refractivity contribution in [2.45, 2.75) is 18.9 Å². The number of aromatic amines is 1. The van der Waals surface area contributed by atoms with Crippen LogP contribution in [0.4, 0.5) is 5.69 Å². The predicted molar refractivity (Wildman–Crippen MR) is 91.5 cm³/mol. The van der Waals surface area contributed by atoms with Crippen LogP contribution < -0.4 is 10.2 Å². The van der Waals surface area contributed by atoms with Gasteiger partial charge in [0.05, 0.1) is 11.1 Å². The van der Waals surface area contributed by atoms with Crippen LogP contribution in [0.5, 0.6) is 0 Å². The topological polar surface area (TPSA) is 56.8 Å². The Morgan fingerprint density at radius 3 is 3.14 bits per heavy atom. The van der Waals surface area contributed by atoms with Crippen LogP contribution in [-0.4, -0.2) is 41.1 Å². The van der Waals surface area contributed by atoms with Gasteiger partial charge in [-0.3, -0.25) is 0 Å². The molecule has 4 rings (SSSR count). The molecular formula is C16H19N5S. The number of nitrogens with zero attached hydrogens (tertiary/aromatic N) is 3. The largest absolute Gasteiger partial charge is 0.369 e. The summed E-state index contributed by atoms with van der Waals surface area (Å²) >= 11 is 1.67.